The van der Waals surface area contributed by atoms with Gasteiger partial charge in [0.2, 0.25) is 0 Å². The van der Waals surface area contributed by atoms with Crippen molar-refractivity contribution >= 4 is 21.9 Å². The van der Waals surface area contributed by atoms with Crippen molar-refractivity contribution in [2.75, 3.05) is 26.8 Å². The van der Waals surface area contributed by atoms with E-state index in [4.69, 9.17) is 9.47 Å². The molecule has 23 heavy (non-hydrogen) atoms. The van der Waals surface area contributed by atoms with Crippen LogP contribution < -0.4 is 5.32 Å². The van der Waals surface area contributed by atoms with Crippen molar-refractivity contribution in [2.45, 2.75) is 37.7 Å². The number of aryl methyl sites for hydroxylation is 1. The van der Waals surface area contributed by atoms with Gasteiger partial charge in [0.05, 0.1) is 7.11 Å². The molecule has 0 amide bonds. The highest BCUT2D eigenvalue weighted by molar-refractivity contribution is 9.10. The zero-order chi connectivity index (χ0) is 16.5. The Bertz CT molecular complexity index is 583. The van der Waals surface area contributed by atoms with Gasteiger partial charge in [-0.2, -0.15) is 0 Å². The number of hydrogen-bond acceptors (Lipinski definition) is 5. The summed E-state index contributed by atoms with van der Waals surface area (Å²) >= 11 is 3.44. The summed E-state index contributed by atoms with van der Waals surface area (Å²) in [5.74, 6) is 0.538. The Kier molecular flexibility index (Phi) is 4.80. The van der Waals surface area contributed by atoms with Crippen molar-refractivity contribution in [1.29, 1.82) is 0 Å². The van der Waals surface area contributed by atoms with Gasteiger partial charge in [-0.05, 0) is 60.0 Å². The number of hydrogen-bond donors (Lipinski definition) is 1. The van der Waals surface area contributed by atoms with Crippen LogP contribution in [-0.2, 0) is 26.9 Å². The Morgan fingerprint density at radius 2 is 2.30 bits per heavy atom. The Hall–Kier alpha value is -0.920. The molecule has 0 bridgehead atoms. The topological polar surface area (TPSA) is 65.4 Å². The first-order valence-electron chi connectivity index (χ1n) is 8.10. The number of esters is 1. The molecule has 2 unspecified atom stereocenters. The lowest BCUT2D eigenvalue weighted by atomic mass is 9.78. The summed E-state index contributed by atoms with van der Waals surface area (Å²) in [7, 11) is 3.36. The normalized spacial score (nSPS) is 30.7. The summed E-state index contributed by atoms with van der Waals surface area (Å²) in [5, 5.41) is 3.52. The van der Waals surface area contributed by atoms with E-state index in [-0.39, 0.29) is 18.0 Å². The molecule has 2 aliphatic rings. The lowest BCUT2D eigenvalue weighted by Gasteiger charge is -2.36. The quantitative estimate of drug-likeness (QED) is 0.804. The first-order chi connectivity index (χ1) is 11.0. The maximum absolute atomic E-state index is 11.6. The number of piperidine rings is 1. The van der Waals surface area contributed by atoms with Crippen LogP contribution >= 0.6 is 15.9 Å². The predicted molar refractivity (Wildman–Crippen MR) is 88.9 cm³/mol. The Balaban J connectivity index is 1.88. The minimum absolute atomic E-state index is 0.0372. The third-order valence-corrected chi connectivity index (χ3v) is 5.61. The van der Waals surface area contributed by atoms with Crippen LogP contribution in [0.5, 0.6) is 0 Å². The fraction of sp³-hybridized carbons (Fsp3) is 0.750. The second-order valence-corrected chi connectivity index (χ2v) is 7.63. The molecule has 7 heteroatoms. The maximum Gasteiger partial charge on any atom is 0.331 e. The zero-order valence-electron chi connectivity index (χ0n) is 13.7. The summed E-state index contributed by atoms with van der Waals surface area (Å²) < 4.78 is 13.7. The minimum Gasteiger partial charge on any atom is -0.467 e. The van der Waals surface area contributed by atoms with Crippen LogP contribution in [0.1, 0.15) is 37.9 Å². The van der Waals surface area contributed by atoms with E-state index >= 15 is 0 Å². The van der Waals surface area contributed by atoms with E-state index < -0.39 is 5.60 Å². The van der Waals surface area contributed by atoms with Crippen molar-refractivity contribution in [2.24, 2.45) is 12.5 Å². The van der Waals surface area contributed by atoms with Crippen molar-refractivity contribution in [3.63, 3.8) is 0 Å². The number of imidazole rings is 1. The van der Waals surface area contributed by atoms with Gasteiger partial charge in [0.15, 0.2) is 0 Å². The van der Waals surface area contributed by atoms with Crippen molar-refractivity contribution in [3.8, 4) is 0 Å². The van der Waals surface area contributed by atoms with Crippen molar-refractivity contribution < 1.29 is 14.3 Å². The molecule has 1 aliphatic heterocycles. The molecule has 128 valence electrons. The smallest absolute Gasteiger partial charge is 0.331 e. The number of nitrogens with one attached hydrogen (secondary N) is 1. The largest absolute Gasteiger partial charge is 0.467 e. The highest BCUT2D eigenvalue weighted by atomic mass is 79.9. The van der Waals surface area contributed by atoms with Gasteiger partial charge in [-0.15, -0.1) is 0 Å². The van der Waals surface area contributed by atoms with Crippen molar-refractivity contribution in [3.05, 3.63) is 16.6 Å². The van der Waals surface area contributed by atoms with Crippen LogP contribution in [0, 0.1) is 5.41 Å². The van der Waals surface area contributed by atoms with E-state index in [0.29, 0.717) is 0 Å². The number of carbonyl (C=O) groups excluding carboxylic acids is 1. The number of aromatic nitrogens is 2. The molecule has 1 spiro atoms. The average Bonchev–Trinajstić information content (AvgIpc) is 3.07. The second-order valence-electron chi connectivity index (χ2n) is 6.81. The van der Waals surface area contributed by atoms with Crippen LogP contribution in [0.3, 0.4) is 0 Å². The van der Waals surface area contributed by atoms with Gasteiger partial charge in [0.1, 0.15) is 22.6 Å². The monoisotopic (exact) mass is 385 g/mol. The van der Waals surface area contributed by atoms with Gasteiger partial charge < -0.3 is 19.4 Å². The van der Waals surface area contributed by atoms with Gasteiger partial charge >= 0.3 is 5.97 Å². The minimum atomic E-state index is -0.520. The molecule has 1 aliphatic carbocycles. The molecule has 1 aromatic rings. The van der Waals surface area contributed by atoms with Gasteiger partial charge in [0, 0.05) is 19.8 Å². The molecule has 2 fully saturated rings. The number of carbonyl (C=O) groups is 1. The van der Waals surface area contributed by atoms with Crippen LogP contribution in [0.4, 0.5) is 0 Å². The zero-order valence-corrected chi connectivity index (χ0v) is 15.3. The molecule has 2 atom stereocenters. The molecule has 0 aromatic carbocycles. The summed E-state index contributed by atoms with van der Waals surface area (Å²) in [6.45, 7) is 2.07. The summed E-state index contributed by atoms with van der Waals surface area (Å²) in [6.07, 6.45) is 7.19. The first kappa shape index (κ1) is 16.9. The molecule has 1 saturated heterocycles. The van der Waals surface area contributed by atoms with Crippen LogP contribution in [-0.4, -0.2) is 42.3 Å². The molecule has 3 rings (SSSR count). The van der Waals surface area contributed by atoms with E-state index in [1.807, 2.05) is 17.8 Å². The van der Waals surface area contributed by atoms with E-state index in [2.05, 4.69) is 26.2 Å². The third-order valence-electron chi connectivity index (χ3n) is 5.23. The van der Waals surface area contributed by atoms with Gasteiger partial charge in [-0.3, -0.25) is 0 Å². The highest BCUT2D eigenvalue weighted by Crippen LogP contribution is 2.54. The molecule has 1 N–H and O–H groups in total. The summed E-state index contributed by atoms with van der Waals surface area (Å²) in [6, 6.07) is 0. The maximum atomic E-state index is 11.6. The Labute approximate surface area is 145 Å². The molecular formula is C16H24BrN3O3. The number of rotatable bonds is 4. The second kappa shape index (κ2) is 6.53. The fourth-order valence-electron chi connectivity index (χ4n) is 4.13. The predicted octanol–water partition coefficient (Wildman–Crippen LogP) is 2.12. The van der Waals surface area contributed by atoms with E-state index in [9.17, 15) is 4.79 Å². The lowest BCUT2D eigenvalue weighted by Crippen LogP contribution is -2.41. The number of methoxy groups -OCH3 is 1. The number of halogens is 1. The third kappa shape index (κ3) is 3.32. The SMILES string of the molecule is COC(=O)COC1(c2nc(Br)cn2C)CCC2(CCCNC2)C1. The summed E-state index contributed by atoms with van der Waals surface area (Å²) in [5.41, 5.74) is -0.277. The Morgan fingerprint density at radius 1 is 1.48 bits per heavy atom. The van der Waals surface area contributed by atoms with Crippen molar-refractivity contribution in [1.82, 2.24) is 14.9 Å². The van der Waals surface area contributed by atoms with E-state index in [1.54, 1.807) is 0 Å². The van der Waals surface area contributed by atoms with E-state index in [0.717, 1.165) is 42.8 Å². The van der Waals surface area contributed by atoms with Crippen LogP contribution in [0.2, 0.25) is 0 Å². The average molecular weight is 386 g/mol. The van der Waals surface area contributed by atoms with E-state index in [1.165, 1.54) is 20.0 Å². The van der Waals surface area contributed by atoms with Gasteiger partial charge in [-0.25, -0.2) is 9.78 Å². The first-order valence-corrected chi connectivity index (χ1v) is 8.89. The molecule has 0 radical (unpaired) electrons. The molecule has 2 heterocycles. The van der Waals surface area contributed by atoms with Crippen LogP contribution in [0.15, 0.2) is 10.8 Å². The van der Waals surface area contributed by atoms with Gasteiger partial charge in [0.25, 0.3) is 0 Å². The fourth-order valence-corrected chi connectivity index (χ4v) is 4.61. The number of nitrogens with zero attached hydrogens (tertiary/aromatic N) is 2. The standard InChI is InChI=1S/C16H24BrN3O3/c1-20-8-12(17)19-14(20)16(23-9-13(21)22-2)6-5-15(10-16)4-3-7-18-11-15/h8,18H,3-7,9-11H2,1-2H3. The number of ether oxygens (including phenoxy) is 2. The Morgan fingerprint density at radius 3 is 2.91 bits per heavy atom. The van der Waals surface area contributed by atoms with Gasteiger partial charge in [-0.1, -0.05) is 0 Å². The molecule has 1 saturated carbocycles. The van der Waals surface area contributed by atoms with Crippen LogP contribution in [0.25, 0.3) is 0 Å². The highest BCUT2D eigenvalue weighted by Gasteiger charge is 2.52. The molecular weight excluding hydrogens is 362 g/mol. The lowest BCUT2D eigenvalue weighted by molar-refractivity contribution is -0.155. The molecule has 6 nitrogen and oxygen atoms in total. The summed E-state index contributed by atoms with van der Waals surface area (Å²) in [4.78, 5) is 16.2. The molecule has 1 aromatic heterocycles.